The van der Waals surface area contributed by atoms with Crippen LogP contribution in [-0.4, -0.2) is 7.11 Å². The lowest BCUT2D eigenvalue weighted by atomic mass is 10.0. The number of nitrogen functional groups attached to an aromatic ring is 2. The number of ether oxygens (including phenoxy) is 1. The molecule has 0 amide bonds. The first kappa shape index (κ1) is 22.3. The highest BCUT2D eigenvalue weighted by atomic mass is 79.9. The lowest BCUT2D eigenvalue weighted by Gasteiger charge is -2.10. The smallest absolute Gasteiger partial charge is 0.144 e. The van der Waals surface area contributed by atoms with E-state index in [9.17, 15) is 0 Å². The van der Waals surface area contributed by atoms with E-state index >= 15 is 0 Å². The van der Waals surface area contributed by atoms with Gasteiger partial charge in [0.1, 0.15) is 5.75 Å². The predicted octanol–water partition coefficient (Wildman–Crippen LogP) is 6.08. The second-order valence-corrected chi connectivity index (χ2v) is 6.40. The monoisotopic (exact) mass is 394 g/mol. The highest BCUT2D eigenvalue weighted by Crippen LogP contribution is 2.36. The predicted molar refractivity (Wildman–Crippen MR) is 111 cm³/mol. The van der Waals surface area contributed by atoms with Crippen LogP contribution in [-0.2, 0) is 0 Å². The van der Waals surface area contributed by atoms with Crippen LogP contribution >= 0.6 is 15.9 Å². The van der Waals surface area contributed by atoms with Gasteiger partial charge in [0.05, 0.1) is 18.5 Å². The molecule has 4 heteroatoms. The summed E-state index contributed by atoms with van der Waals surface area (Å²) in [4.78, 5) is 0. The Kier molecular flexibility index (Phi) is 10.2. The van der Waals surface area contributed by atoms with Crippen molar-refractivity contribution in [3.63, 3.8) is 0 Å². The van der Waals surface area contributed by atoms with Crippen LogP contribution < -0.4 is 16.2 Å². The average molecular weight is 395 g/mol. The maximum Gasteiger partial charge on any atom is 0.144 e. The Bertz CT molecular complexity index is 623. The molecule has 2 rings (SSSR count). The van der Waals surface area contributed by atoms with Gasteiger partial charge >= 0.3 is 0 Å². The molecule has 134 valence electrons. The zero-order chi connectivity index (χ0) is 18.9. The summed E-state index contributed by atoms with van der Waals surface area (Å²) in [5.74, 6) is 1.27. The first-order valence-electron chi connectivity index (χ1n) is 8.22. The van der Waals surface area contributed by atoms with Gasteiger partial charge in [-0.25, -0.2) is 0 Å². The largest absolute Gasteiger partial charge is 0.495 e. The molecular formula is C20H31BrN2O. The summed E-state index contributed by atoms with van der Waals surface area (Å²) in [5.41, 5.74) is 16.2. The normalized spacial score (nSPS) is 9.54. The summed E-state index contributed by atoms with van der Waals surface area (Å²) < 4.78 is 5.87. The molecule has 0 unspecified atom stereocenters. The molecule has 0 saturated heterocycles. The Labute approximate surface area is 155 Å². The summed E-state index contributed by atoms with van der Waals surface area (Å²) in [6.45, 7) is 12.5. The first-order valence-corrected chi connectivity index (χ1v) is 9.01. The minimum atomic E-state index is 0.481. The van der Waals surface area contributed by atoms with Crippen molar-refractivity contribution >= 4 is 27.3 Å². The van der Waals surface area contributed by atoms with E-state index in [1.54, 1.807) is 7.11 Å². The summed E-state index contributed by atoms with van der Waals surface area (Å²) in [5, 5.41) is 0. The van der Waals surface area contributed by atoms with Gasteiger partial charge in [0.2, 0.25) is 0 Å². The van der Waals surface area contributed by atoms with Crippen LogP contribution in [0.5, 0.6) is 5.75 Å². The minimum absolute atomic E-state index is 0.481. The fourth-order valence-corrected chi connectivity index (χ4v) is 2.25. The Morgan fingerprint density at radius 1 is 0.958 bits per heavy atom. The van der Waals surface area contributed by atoms with Crippen molar-refractivity contribution in [1.82, 2.24) is 0 Å². The topological polar surface area (TPSA) is 61.3 Å². The molecule has 0 aliphatic rings. The zero-order valence-electron chi connectivity index (χ0n) is 15.9. The highest BCUT2D eigenvalue weighted by molar-refractivity contribution is 9.10. The van der Waals surface area contributed by atoms with Gasteiger partial charge in [0.15, 0.2) is 0 Å². The quantitative estimate of drug-likeness (QED) is 0.606. The van der Waals surface area contributed by atoms with Crippen molar-refractivity contribution in [2.75, 3.05) is 18.6 Å². The van der Waals surface area contributed by atoms with E-state index in [1.165, 1.54) is 11.1 Å². The molecule has 0 bridgehead atoms. The number of rotatable bonds is 2. The number of hydrogen-bond donors (Lipinski definition) is 2. The van der Waals surface area contributed by atoms with Crippen LogP contribution in [0.3, 0.4) is 0 Å². The molecule has 0 heterocycles. The van der Waals surface area contributed by atoms with E-state index in [1.807, 2.05) is 26.8 Å². The Morgan fingerprint density at radius 3 is 1.88 bits per heavy atom. The van der Waals surface area contributed by atoms with Gasteiger partial charge in [-0.3, -0.25) is 0 Å². The van der Waals surface area contributed by atoms with Gasteiger partial charge in [-0.05, 0) is 52.9 Å². The molecule has 2 aromatic carbocycles. The molecule has 2 aromatic rings. The van der Waals surface area contributed by atoms with E-state index in [0.29, 0.717) is 23.0 Å². The van der Waals surface area contributed by atoms with Crippen LogP contribution in [0.25, 0.3) is 0 Å². The van der Waals surface area contributed by atoms with Crippen molar-refractivity contribution in [3.05, 3.63) is 51.5 Å². The van der Waals surface area contributed by atoms with Crippen molar-refractivity contribution in [1.29, 1.82) is 0 Å². The Morgan fingerprint density at radius 2 is 1.46 bits per heavy atom. The van der Waals surface area contributed by atoms with E-state index < -0.39 is 0 Å². The molecule has 24 heavy (non-hydrogen) atoms. The van der Waals surface area contributed by atoms with Gasteiger partial charge < -0.3 is 16.2 Å². The number of hydrogen-bond acceptors (Lipinski definition) is 3. The summed E-state index contributed by atoms with van der Waals surface area (Å²) in [6.07, 6.45) is 0. The Hall–Kier alpha value is -1.68. The second-order valence-electron chi connectivity index (χ2n) is 5.60. The van der Waals surface area contributed by atoms with Crippen LogP contribution in [0.2, 0.25) is 0 Å². The molecule has 0 atom stereocenters. The fourth-order valence-electron chi connectivity index (χ4n) is 1.92. The van der Waals surface area contributed by atoms with E-state index in [4.69, 9.17) is 16.2 Å². The van der Waals surface area contributed by atoms with Crippen molar-refractivity contribution in [2.45, 2.75) is 47.5 Å². The molecule has 4 N–H and O–H groups in total. The molecule has 0 saturated carbocycles. The number of nitrogens with two attached hydrogens (primary N) is 2. The van der Waals surface area contributed by atoms with Crippen molar-refractivity contribution in [3.8, 4) is 5.75 Å². The van der Waals surface area contributed by atoms with Gasteiger partial charge in [0.25, 0.3) is 0 Å². The molecule has 0 radical (unpaired) electrons. The van der Waals surface area contributed by atoms with E-state index in [2.05, 4.69) is 61.0 Å². The third kappa shape index (κ3) is 6.44. The van der Waals surface area contributed by atoms with Gasteiger partial charge in [0, 0.05) is 4.47 Å². The number of benzene rings is 2. The SMILES string of the molecule is CC.COc1cc(C)c(Br)c(N)c1N.Cc1ccc(C(C)C)cc1. The lowest BCUT2D eigenvalue weighted by Crippen LogP contribution is -2.00. The first-order chi connectivity index (χ1) is 11.3. The van der Waals surface area contributed by atoms with Gasteiger partial charge in [-0.2, -0.15) is 0 Å². The third-order valence-corrected chi connectivity index (χ3v) is 4.50. The molecule has 0 aliphatic carbocycles. The third-order valence-electron chi connectivity index (χ3n) is 3.45. The van der Waals surface area contributed by atoms with Crippen molar-refractivity contribution < 1.29 is 4.74 Å². The standard InChI is InChI=1S/C10H14.C8H11BrN2O.C2H6/c1-8(2)10-6-4-9(3)5-7-10;1-4-3-5(12-2)7(10)8(11)6(4)9;1-2/h4-8H,1-3H3;3H,10-11H2,1-2H3;1-2H3. The molecular weight excluding hydrogens is 364 g/mol. The molecule has 3 nitrogen and oxygen atoms in total. The second kappa shape index (κ2) is 11.0. The zero-order valence-corrected chi connectivity index (χ0v) is 17.5. The number of anilines is 2. The average Bonchev–Trinajstić information content (AvgIpc) is 2.59. The number of methoxy groups -OCH3 is 1. The van der Waals surface area contributed by atoms with Gasteiger partial charge in [-0.1, -0.05) is 57.5 Å². The van der Waals surface area contributed by atoms with Crippen LogP contribution in [0.4, 0.5) is 11.4 Å². The number of aryl methyl sites for hydroxylation is 2. The van der Waals surface area contributed by atoms with Crippen LogP contribution in [0, 0.1) is 13.8 Å². The minimum Gasteiger partial charge on any atom is -0.495 e. The molecule has 0 aromatic heterocycles. The maximum absolute atomic E-state index is 5.71. The van der Waals surface area contributed by atoms with Crippen LogP contribution in [0.15, 0.2) is 34.8 Å². The van der Waals surface area contributed by atoms with E-state index in [-0.39, 0.29) is 0 Å². The molecule has 0 aliphatic heterocycles. The van der Waals surface area contributed by atoms with E-state index in [0.717, 1.165) is 10.0 Å². The summed E-state index contributed by atoms with van der Waals surface area (Å²) in [7, 11) is 1.57. The maximum atomic E-state index is 5.71. The highest BCUT2D eigenvalue weighted by Gasteiger charge is 2.09. The van der Waals surface area contributed by atoms with Crippen LogP contribution in [0.1, 0.15) is 50.3 Å². The van der Waals surface area contributed by atoms with Crippen molar-refractivity contribution in [2.24, 2.45) is 0 Å². The molecule has 0 spiro atoms. The fraction of sp³-hybridized carbons (Fsp3) is 0.400. The summed E-state index contributed by atoms with van der Waals surface area (Å²) >= 11 is 3.33. The lowest BCUT2D eigenvalue weighted by molar-refractivity contribution is 0.417. The summed E-state index contributed by atoms with van der Waals surface area (Å²) in [6, 6.07) is 10.6. The number of halogens is 1. The Balaban J connectivity index is 0.000000405. The van der Waals surface area contributed by atoms with Gasteiger partial charge in [-0.15, -0.1) is 0 Å². The molecule has 0 fully saturated rings.